The first-order valence-electron chi connectivity index (χ1n) is 3.62. The molecule has 0 bridgehead atoms. The summed E-state index contributed by atoms with van der Waals surface area (Å²) in [4.78, 5) is 0. The zero-order valence-corrected chi connectivity index (χ0v) is 8.47. The van der Waals surface area contributed by atoms with Crippen LogP contribution in [0, 0.1) is 3.57 Å². The van der Waals surface area contributed by atoms with E-state index in [1.807, 2.05) is 29.1 Å². The van der Waals surface area contributed by atoms with Gasteiger partial charge in [-0.15, -0.1) is 0 Å². The Labute approximate surface area is 84.4 Å². The molecule has 0 aliphatic heterocycles. The van der Waals surface area contributed by atoms with Crippen LogP contribution in [0.1, 0.15) is 0 Å². The minimum absolute atomic E-state index is 1.10. The maximum atomic E-state index is 4.14. The molecule has 0 amide bonds. The summed E-state index contributed by atoms with van der Waals surface area (Å²) < 4.78 is 3.07. The Kier molecular flexibility index (Phi) is 2.12. The van der Waals surface area contributed by atoms with Gasteiger partial charge in [-0.1, -0.05) is 6.07 Å². The van der Waals surface area contributed by atoms with Crippen molar-refractivity contribution in [3.63, 3.8) is 0 Å². The van der Waals surface area contributed by atoms with Crippen LogP contribution < -0.4 is 0 Å². The first-order chi connectivity index (χ1) is 5.86. The third-order valence-corrected chi connectivity index (χ3v) is 2.25. The monoisotopic (exact) mass is 270 g/mol. The Morgan fingerprint density at radius 3 is 2.83 bits per heavy atom. The molecule has 2 nitrogen and oxygen atoms in total. The highest BCUT2D eigenvalue weighted by atomic mass is 127. The van der Waals surface area contributed by atoms with Crippen LogP contribution in [0.4, 0.5) is 0 Å². The lowest BCUT2D eigenvalue weighted by atomic mass is 10.3. The lowest BCUT2D eigenvalue weighted by Gasteiger charge is -2.00. The molecule has 0 N–H and O–H groups in total. The number of rotatable bonds is 1. The summed E-state index contributed by atoms with van der Waals surface area (Å²) >= 11 is 2.29. The molecule has 60 valence electrons. The van der Waals surface area contributed by atoms with E-state index in [-0.39, 0.29) is 0 Å². The summed E-state index contributed by atoms with van der Waals surface area (Å²) in [6.45, 7) is 0. The number of aromatic nitrogens is 2. The summed E-state index contributed by atoms with van der Waals surface area (Å²) in [5, 5.41) is 4.14. The molecule has 1 aromatic carbocycles. The first-order valence-corrected chi connectivity index (χ1v) is 4.70. The van der Waals surface area contributed by atoms with Crippen molar-refractivity contribution in [2.75, 3.05) is 0 Å². The molecule has 0 aliphatic rings. The molecule has 2 rings (SSSR count). The highest BCUT2D eigenvalue weighted by molar-refractivity contribution is 14.1. The molecule has 0 radical (unpaired) electrons. The summed E-state index contributed by atoms with van der Waals surface area (Å²) in [5.41, 5.74) is 1.10. The maximum absolute atomic E-state index is 4.14. The van der Waals surface area contributed by atoms with Gasteiger partial charge in [-0.05, 0) is 46.9 Å². The SMILES string of the molecule is Ic1cccc(-n2cccn2)c1. The van der Waals surface area contributed by atoms with Gasteiger partial charge in [-0.3, -0.25) is 0 Å². The van der Waals surface area contributed by atoms with Gasteiger partial charge in [0, 0.05) is 16.0 Å². The van der Waals surface area contributed by atoms with E-state index in [4.69, 9.17) is 0 Å². The number of benzene rings is 1. The number of nitrogens with zero attached hydrogens (tertiary/aromatic N) is 2. The molecule has 0 saturated carbocycles. The minimum atomic E-state index is 1.10. The van der Waals surface area contributed by atoms with E-state index < -0.39 is 0 Å². The van der Waals surface area contributed by atoms with Gasteiger partial charge in [0.25, 0.3) is 0 Å². The van der Waals surface area contributed by atoms with Gasteiger partial charge >= 0.3 is 0 Å². The van der Waals surface area contributed by atoms with Crippen LogP contribution in [0.15, 0.2) is 42.7 Å². The maximum Gasteiger partial charge on any atom is 0.0656 e. The topological polar surface area (TPSA) is 17.8 Å². The molecule has 12 heavy (non-hydrogen) atoms. The lowest BCUT2D eigenvalue weighted by Crippen LogP contribution is -1.93. The second-order valence-corrected chi connectivity index (χ2v) is 3.68. The summed E-state index contributed by atoms with van der Waals surface area (Å²) in [5.74, 6) is 0. The van der Waals surface area contributed by atoms with Gasteiger partial charge in [0.1, 0.15) is 0 Å². The third-order valence-electron chi connectivity index (χ3n) is 1.58. The number of hydrogen-bond donors (Lipinski definition) is 0. The van der Waals surface area contributed by atoms with Crippen molar-refractivity contribution in [2.45, 2.75) is 0 Å². The van der Waals surface area contributed by atoms with E-state index >= 15 is 0 Å². The molecule has 0 unspecified atom stereocenters. The average Bonchev–Trinajstić information content (AvgIpc) is 2.56. The lowest BCUT2D eigenvalue weighted by molar-refractivity contribution is 0.880. The Hall–Kier alpha value is -0.840. The van der Waals surface area contributed by atoms with Gasteiger partial charge < -0.3 is 0 Å². The molecule has 1 aromatic heterocycles. The van der Waals surface area contributed by atoms with Gasteiger partial charge in [-0.2, -0.15) is 5.10 Å². The quantitative estimate of drug-likeness (QED) is 0.728. The van der Waals surface area contributed by atoms with Crippen LogP contribution >= 0.6 is 22.6 Å². The zero-order chi connectivity index (χ0) is 8.39. The predicted octanol–water partition coefficient (Wildman–Crippen LogP) is 2.48. The van der Waals surface area contributed by atoms with Crippen LogP contribution in [-0.4, -0.2) is 9.78 Å². The van der Waals surface area contributed by atoms with Crippen LogP contribution in [0.2, 0.25) is 0 Å². The Morgan fingerprint density at radius 1 is 1.25 bits per heavy atom. The molecule has 0 aliphatic carbocycles. The molecule has 3 heteroatoms. The summed E-state index contributed by atoms with van der Waals surface area (Å²) in [6.07, 6.45) is 3.71. The molecule has 0 atom stereocenters. The Morgan fingerprint density at radius 2 is 2.17 bits per heavy atom. The van der Waals surface area contributed by atoms with Gasteiger partial charge in [0.2, 0.25) is 0 Å². The molecular weight excluding hydrogens is 263 g/mol. The molecule has 0 saturated heterocycles. The second-order valence-electron chi connectivity index (χ2n) is 2.43. The Bertz CT molecular complexity index is 368. The smallest absolute Gasteiger partial charge is 0.0656 e. The van der Waals surface area contributed by atoms with E-state index in [0.29, 0.717) is 0 Å². The van der Waals surface area contributed by atoms with Crippen molar-refractivity contribution in [1.29, 1.82) is 0 Å². The highest BCUT2D eigenvalue weighted by Crippen LogP contribution is 2.10. The van der Waals surface area contributed by atoms with Gasteiger partial charge in [0.15, 0.2) is 0 Å². The molecule has 2 aromatic rings. The van der Waals surface area contributed by atoms with Crippen molar-refractivity contribution < 1.29 is 0 Å². The molecular formula is C9H7IN2. The number of halogens is 1. The standard InChI is InChI=1S/C9H7IN2/c10-8-3-1-4-9(7-8)12-6-2-5-11-12/h1-7H. The summed E-state index contributed by atoms with van der Waals surface area (Å²) in [7, 11) is 0. The van der Waals surface area contributed by atoms with E-state index in [0.717, 1.165) is 5.69 Å². The predicted molar refractivity (Wildman–Crippen MR) is 56.3 cm³/mol. The van der Waals surface area contributed by atoms with Crippen molar-refractivity contribution in [1.82, 2.24) is 9.78 Å². The van der Waals surface area contributed by atoms with Crippen LogP contribution in [-0.2, 0) is 0 Å². The van der Waals surface area contributed by atoms with Crippen molar-refractivity contribution in [3.05, 3.63) is 46.3 Å². The average molecular weight is 270 g/mol. The van der Waals surface area contributed by atoms with E-state index in [1.54, 1.807) is 6.20 Å². The van der Waals surface area contributed by atoms with E-state index in [9.17, 15) is 0 Å². The molecule has 1 heterocycles. The normalized spacial score (nSPS) is 10.1. The van der Waals surface area contributed by atoms with Crippen LogP contribution in [0.25, 0.3) is 5.69 Å². The molecule has 0 fully saturated rings. The van der Waals surface area contributed by atoms with Crippen molar-refractivity contribution in [2.24, 2.45) is 0 Å². The fraction of sp³-hybridized carbons (Fsp3) is 0. The Balaban J connectivity index is 2.48. The van der Waals surface area contributed by atoms with E-state index in [2.05, 4.69) is 39.8 Å². The fourth-order valence-corrected chi connectivity index (χ4v) is 1.57. The van der Waals surface area contributed by atoms with Gasteiger partial charge in [-0.25, -0.2) is 4.68 Å². The first kappa shape index (κ1) is 7.79. The van der Waals surface area contributed by atoms with Crippen molar-refractivity contribution >= 4 is 22.6 Å². The van der Waals surface area contributed by atoms with Gasteiger partial charge in [0.05, 0.1) is 5.69 Å². The zero-order valence-electron chi connectivity index (χ0n) is 6.31. The largest absolute Gasteiger partial charge is 0.241 e. The van der Waals surface area contributed by atoms with E-state index in [1.165, 1.54) is 3.57 Å². The van der Waals surface area contributed by atoms with Crippen LogP contribution in [0.5, 0.6) is 0 Å². The van der Waals surface area contributed by atoms with Crippen LogP contribution in [0.3, 0.4) is 0 Å². The fourth-order valence-electron chi connectivity index (χ4n) is 1.04. The minimum Gasteiger partial charge on any atom is -0.241 e. The third kappa shape index (κ3) is 1.50. The summed E-state index contributed by atoms with van der Waals surface area (Å²) in [6, 6.07) is 10.1. The molecule has 0 spiro atoms. The number of hydrogen-bond acceptors (Lipinski definition) is 1. The van der Waals surface area contributed by atoms with Crippen molar-refractivity contribution in [3.8, 4) is 5.69 Å². The second kappa shape index (κ2) is 3.26. The highest BCUT2D eigenvalue weighted by Gasteiger charge is 1.94.